The molecule has 53 heavy (non-hydrogen) atoms. The van der Waals surface area contributed by atoms with Crippen LogP contribution in [-0.2, 0) is 9.47 Å². The Morgan fingerprint density at radius 1 is 0.811 bits per heavy atom. The highest BCUT2D eigenvalue weighted by atomic mass is 16.6. The summed E-state index contributed by atoms with van der Waals surface area (Å²) < 4.78 is 24.5. The third kappa shape index (κ3) is 8.09. The molecule has 1 N–H and O–H groups in total. The molecule has 0 aliphatic carbocycles. The number of likely N-dealkylation sites (tertiary alicyclic amines) is 2. The first-order valence-electron chi connectivity index (χ1n) is 18.9. The molecule has 0 bridgehead atoms. The maximum atomic E-state index is 13.0. The van der Waals surface area contributed by atoms with Crippen molar-refractivity contribution in [2.24, 2.45) is 10.4 Å². The van der Waals surface area contributed by atoms with Gasteiger partial charge in [0.2, 0.25) is 0 Å². The van der Waals surface area contributed by atoms with Gasteiger partial charge in [0.1, 0.15) is 28.5 Å². The molecule has 2 aromatic carbocycles. The summed E-state index contributed by atoms with van der Waals surface area (Å²) in [5.41, 5.74) is 5.44. The minimum Gasteiger partial charge on any atom is -0.492 e. The minimum absolute atomic E-state index is 0.0604. The van der Waals surface area contributed by atoms with Crippen molar-refractivity contribution in [3.8, 4) is 33.9 Å². The van der Waals surface area contributed by atoms with Crippen LogP contribution in [0.15, 0.2) is 53.8 Å². The van der Waals surface area contributed by atoms with Crippen LogP contribution in [0, 0.1) is 5.41 Å². The lowest BCUT2D eigenvalue weighted by molar-refractivity contribution is 0.0216. The number of aromatic nitrogens is 2. The number of nitrogens with one attached hydrogen (secondary N) is 1. The van der Waals surface area contributed by atoms with Crippen LogP contribution in [0.2, 0.25) is 0 Å². The van der Waals surface area contributed by atoms with Gasteiger partial charge in [-0.3, -0.25) is 14.8 Å². The van der Waals surface area contributed by atoms with Crippen LogP contribution >= 0.6 is 0 Å². The van der Waals surface area contributed by atoms with Gasteiger partial charge in [0.05, 0.1) is 37.2 Å². The normalized spacial score (nSPS) is 21.3. The summed E-state index contributed by atoms with van der Waals surface area (Å²) in [5, 5.41) is 0. The zero-order valence-electron chi connectivity index (χ0n) is 32.4. The largest absolute Gasteiger partial charge is 0.492 e. The number of carbonyl (C=O) groups is 2. The second kappa shape index (κ2) is 13.9. The Hall–Kier alpha value is -4.80. The molecule has 7 rings (SSSR count). The summed E-state index contributed by atoms with van der Waals surface area (Å²) >= 11 is 0. The number of ether oxygens (including phenoxy) is 4. The quantitative estimate of drug-likeness (QED) is 0.285. The van der Waals surface area contributed by atoms with E-state index >= 15 is 0 Å². The first-order valence-corrected chi connectivity index (χ1v) is 18.9. The molecule has 0 radical (unpaired) electrons. The smallest absolute Gasteiger partial charge is 0.410 e. The third-order valence-corrected chi connectivity index (χ3v) is 9.99. The number of carbonyl (C=O) groups excluding carboxylic acids is 2. The number of allylic oxidation sites excluding steroid dienone is 1. The standard InChI is InChI=1S/C42H53N5O6/c1-40(2,3)52-38(48)46-17-9-11-33(46)31-19-28(22-43-31)26-13-15-29-30-16-14-27(21-36(30)51-25-42(7,8)24-50-35(29)20-26)32-23-44-37(45-32)34-12-10-18-47(34)39(49)53-41(4,5)6/h13-16,20-23,33-34H,9-12,17-19,24-25H2,1-8H3,(H,44,45)/t33-,34-/m0/s1. The van der Waals surface area contributed by atoms with Gasteiger partial charge in [0.25, 0.3) is 0 Å². The van der Waals surface area contributed by atoms with E-state index in [0.717, 1.165) is 82.2 Å². The van der Waals surface area contributed by atoms with Gasteiger partial charge < -0.3 is 23.9 Å². The van der Waals surface area contributed by atoms with Gasteiger partial charge in [0.15, 0.2) is 0 Å². The van der Waals surface area contributed by atoms with Gasteiger partial charge in [-0.2, -0.15) is 0 Å². The number of rotatable bonds is 4. The monoisotopic (exact) mass is 723 g/mol. The van der Waals surface area contributed by atoms with Crippen LogP contribution < -0.4 is 9.47 Å². The molecule has 11 nitrogen and oxygen atoms in total. The SMILES string of the molecule is CC1(C)COc2cc(C3=CN=C([C@@H]4CCCN4C(=O)OC(C)(C)C)C3)ccc2-c2ccc(-c3cnc([C@@H]4CCCN4C(=O)OC(C)(C)C)[nH]3)cc2OC1. The zero-order valence-corrected chi connectivity index (χ0v) is 32.4. The van der Waals surface area contributed by atoms with E-state index in [9.17, 15) is 9.59 Å². The number of aliphatic imine (C=N–C) groups is 1. The average molecular weight is 724 g/mol. The number of amides is 2. The summed E-state index contributed by atoms with van der Waals surface area (Å²) in [5.74, 6) is 2.30. The van der Waals surface area contributed by atoms with Crippen LogP contribution in [0.4, 0.5) is 9.59 Å². The maximum absolute atomic E-state index is 13.0. The number of aromatic amines is 1. The summed E-state index contributed by atoms with van der Waals surface area (Å²) in [4.78, 5) is 42.6. The molecule has 3 aromatic rings. The highest BCUT2D eigenvalue weighted by Gasteiger charge is 2.37. The molecule has 11 heteroatoms. The minimum atomic E-state index is -0.564. The van der Waals surface area contributed by atoms with Crippen molar-refractivity contribution in [3.63, 3.8) is 0 Å². The average Bonchev–Trinajstić information content (AvgIpc) is 3.91. The number of imidazole rings is 1. The van der Waals surface area contributed by atoms with Crippen molar-refractivity contribution < 1.29 is 28.5 Å². The van der Waals surface area contributed by atoms with Crippen LogP contribution in [0.5, 0.6) is 11.5 Å². The van der Waals surface area contributed by atoms with E-state index in [1.165, 1.54) is 0 Å². The van der Waals surface area contributed by atoms with Crippen LogP contribution in [0.25, 0.3) is 28.0 Å². The highest BCUT2D eigenvalue weighted by Crippen LogP contribution is 2.43. The molecular weight excluding hydrogens is 670 g/mol. The van der Waals surface area contributed by atoms with E-state index in [4.69, 9.17) is 28.9 Å². The van der Waals surface area contributed by atoms with Crippen molar-refractivity contribution in [1.29, 1.82) is 0 Å². The predicted octanol–water partition coefficient (Wildman–Crippen LogP) is 9.20. The number of hydrogen-bond acceptors (Lipinski definition) is 8. The number of fused-ring (bicyclic) bond motifs is 3. The molecule has 2 saturated heterocycles. The zero-order chi connectivity index (χ0) is 37.7. The first kappa shape index (κ1) is 36.6. The fourth-order valence-corrected chi connectivity index (χ4v) is 7.41. The fourth-order valence-electron chi connectivity index (χ4n) is 7.41. The molecule has 0 unspecified atom stereocenters. The number of hydrogen-bond donors (Lipinski definition) is 1. The maximum Gasteiger partial charge on any atom is 0.410 e. The van der Waals surface area contributed by atoms with E-state index in [2.05, 4.69) is 55.2 Å². The van der Waals surface area contributed by atoms with Gasteiger partial charge in [0, 0.05) is 53.5 Å². The molecule has 0 spiro atoms. The van der Waals surface area contributed by atoms with Crippen molar-refractivity contribution >= 4 is 23.5 Å². The molecule has 4 aliphatic heterocycles. The number of benzene rings is 2. The Kier molecular flexibility index (Phi) is 9.57. The Morgan fingerprint density at radius 3 is 1.96 bits per heavy atom. The molecule has 5 heterocycles. The number of nitrogens with zero attached hydrogens (tertiary/aromatic N) is 4. The summed E-state index contributed by atoms with van der Waals surface area (Å²) in [6.07, 6.45) is 7.36. The van der Waals surface area contributed by atoms with Crippen LogP contribution in [0.3, 0.4) is 0 Å². The lowest BCUT2D eigenvalue weighted by Crippen LogP contribution is -2.43. The third-order valence-electron chi connectivity index (χ3n) is 9.99. The van der Waals surface area contributed by atoms with Gasteiger partial charge in [-0.1, -0.05) is 26.0 Å². The first-order chi connectivity index (χ1) is 25.0. The van der Waals surface area contributed by atoms with Gasteiger partial charge in [-0.15, -0.1) is 0 Å². The van der Waals surface area contributed by atoms with Crippen molar-refractivity contribution in [2.75, 3.05) is 26.3 Å². The topological polar surface area (TPSA) is 119 Å². The van der Waals surface area contributed by atoms with Crippen molar-refractivity contribution in [3.05, 3.63) is 60.2 Å². The van der Waals surface area contributed by atoms with Crippen molar-refractivity contribution in [1.82, 2.24) is 19.8 Å². The Labute approximate surface area is 312 Å². The van der Waals surface area contributed by atoms with E-state index in [1.54, 1.807) is 4.90 Å². The molecule has 1 aromatic heterocycles. The molecule has 2 atom stereocenters. The molecule has 2 amide bonds. The Balaban J connectivity index is 1.12. The second-order valence-electron chi connectivity index (χ2n) is 17.5. The fraction of sp³-hybridized carbons (Fsp3) is 0.524. The van der Waals surface area contributed by atoms with Gasteiger partial charge in [-0.05, 0) is 103 Å². The van der Waals surface area contributed by atoms with Crippen LogP contribution in [-0.4, -0.2) is 81.2 Å². The second-order valence-corrected chi connectivity index (χ2v) is 17.5. The summed E-state index contributed by atoms with van der Waals surface area (Å²) in [6, 6.07) is 12.3. The van der Waals surface area contributed by atoms with Gasteiger partial charge in [-0.25, -0.2) is 14.6 Å². The van der Waals surface area contributed by atoms with E-state index < -0.39 is 11.2 Å². The lowest BCUT2D eigenvalue weighted by atomic mass is 9.95. The molecule has 0 saturated carbocycles. The van der Waals surface area contributed by atoms with E-state index in [1.807, 2.05) is 58.8 Å². The Bertz CT molecular complexity index is 1950. The predicted molar refractivity (Wildman–Crippen MR) is 205 cm³/mol. The molecule has 2 fully saturated rings. The summed E-state index contributed by atoms with van der Waals surface area (Å²) in [7, 11) is 0. The molecular formula is C42H53N5O6. The van der Waals surface area contributed by atoms with Crippen molar-refractivity contribution in [2.45, 2.75) is 111 Å². The molecule has 282 valence electrons. The van der Waals surface area contributed by atoms with E-state index in [0.29, 0.717) is 32.7 Å². The van der Waals surface area contributed by atoms with Gasteiger partial charge >= 0.3 is 12.2 Å². The number of H-pyrrole nitrogens is 1. The highest BCUT2D eigenvalue weighted by molar-refractivity contribution is 6.03. The Morgan fingerprint density at radius 2 is 1.36 bits per heavy atom. The van der Waals surface area contributed by atoms with Crippen LogP contribution in [0.1, 0.15) is 105 Å². The lowest BCUT2D eigenvalue weighted by Gasteiger charge is -2.28. The van der Waals surface area contributed by atoms with E-state index in [-0.39, 0.29) is 29.7 Å². The molecule has 4 aliphatic rings. The summed E-state index contributed by atoms with van der Waals surface area (Å²) in [6.45, 7) is 17.9.